The van der Waals surface area contributed by atoms with Crippen molar-refractivity contribution in [1.82, 2.24) is 10.0 Å². The van der Waals surface area contributed by atoms with Gasteiger partial charge in [0.1, 0.15) is 0 Å². The van der Waals surface area contributed by atoms with E-state index in [1.165, 1.54) is 0 Å². The molecule has 0 fully saturated rings. The van der Waals surface area contributed by atoms with Crippen molar-refractivity contribution in [3.63, 3.8) is 0 Å². The van der Waals surface area contributed by atoms with Crippen LogP contribution in [0.5, 0.6) is 0 Å². The maximum absolute atomic E-state index is 10.9. The second-order valence-electron chi connectivity index (χ2n) is 4.82. The summed E-state index contributed by atoms with van der Waals surface area (Å²) >= 11 is 12.0. The molecular weight excluding hydrogens is 347 g/mol. The minimum Gasteiger partial charge on any atom is -0.370 e. The van der Waals surface area contributed by atoms with Crippen LogP contribution in [0.25, 0.3) is 0 Å². The predicted octanol–water partition coefficient (Wildman–Crippen LogP) is 1.90. The van der Waals surface area contributed by atoms with Crippen LogP contribution in [0.4, 0.5) is 0 Å². The molecule has 9 heteroatoms. The summed E-state index contributed by atoms with van der Waals surface area (Å²) in [5.74, 6) is 0.276. The number of benzene rings is 1. The highest BCUT2D eigenvalue weighted by molar-refractivity contribution is 7.88. The van der Waals surface area contributed by atoms with Crippen molar-refractivity contribution in [3.8, 4) is 0 Å². The average molecular weight is 367 g/mol. The molecule has 4 N–H and O–H groups in total. The Hall–Kier alpha value is -1.02. The number of guanidine groups is 1. The summed E-state index contributed by atoms with van der Waals surface area (Å²) in [6.07, 6.45) is 1.68. The molecule has 1 aromatic rings. The second kappa shape index (κ2) is 8.57. The number of sulfonamides is 1. The number of hydrogen-bond donors (Lipinski definition) is 3. The predicted molar refractivity (Wildman–Crippen MR) is 92.0 cm³/mol. The zero-order chi connectivity index (χ0) is 16.8. The Morgan fingerprint density at radius 3 is 2.68 bits per heavy atom. The molecule has 0 aliphatic heterocycles. The SMILES string of the molecule is CC(NC(N)=NCCCNS(C)(=O)=O)c1ccc(Cl)cc1Cl. The fraction of sp³-hybridized carbons (Fsp3) is 0.462. The highest BCUT2D eigenvalue weighted by atomic mass is 35.5. The molecule has 6 nitrogen and oxygen atoms in total. The van der Waals surface area contributed by atoms with E-state index < -0.39 is 10.0 Å². The van der Waals surface area contributed by atoms with E-state index in [1.807, 2.05) is 13.0 Å². The number of nitrogens with one attached hydrogen (secondary N) is 2. The van der Waals surface area contributed by atoms with Gasteiger partial charge in [-0.2, -0.15) is 0 Å². The summed E-state index contributed by atoms with van der Waals surface area (Å²) in [6, 6.07) is 5.13. The Kier molecular flexibility index (Phi) is 7.41. The Morgan fingerprint density at radius 1 is 1.41 bits per heavy atom. The van der Waals surface area contributed by atoms with Crippen molar-refractivity contribution >= 4 is 39.2 Å². The molecule has 0 spiro atoms. The van der Waals surface area contributed by atoms with E-state index in [1.54, 1.807) is 12.1 Å². The van der Waals surface area contributed by atoms with E-state index in [2.05, 4.69) is 15.0 Å². The van der Waals surface area contributed by atoms with Crippen LogP contribution in [-0.2, 0) is 10.0 Å². The average Bonchev–Trinajstić information content (AvgIpc) is 2.36. The maximum Gasteiger partial charge on any atom is 0.208 e. The van der Waals surface area contributed by atoms with Crippen LogP contribution >= 0.6 is 23.2 Å². The van der Waals surface area contributed by atoms with Crippen molar-refractivity contribution in [1.29, 1.82) is 0 Å². The first kappa shape index (κ1) is 19.0. The Morgan fingerprint density at radius 2 is 2.09 bits per heavy atom. The lowest BCUT2D eigenvalue weighted by Crippen LogP contribution is -2.34. The second-order valence-corrected chi connectivity index (χ2v) is 7.50. The molecule has 0 heterocycles. The number of nitrogens with zero attached hydrogens (tertiary/aromatic N) is 1. The van der Waals surface area contributed by atoms with Gasteiger partial charge in [-0.15, -0.1) is 0 Å². The van der Waals surface area contributed by atoms with E-state index in [-0.39, 0.29) is 12.0 Å². The van der Waals surface area contributed by atoms with Gasteiger partial charge in [-0.3, -0.25) is 4.99 Å². The zero-order valence-corrected chi connectivity index (χ0v) is 14.8. The molecule has 1 atom stereocenters. The monoisotopic (exact) mass is 366 g/mol. The third kappa shape index (κ3) is 7.31. The Balaban J connectivity index is 2.46. The fourth-order valence-corrected chi connectivity index (χ4v) is 2.82. The van der Waals surface area contributed by atoms with E-state index in [4.69, 9.17) is 28.9 Å². The molecular formula is C13H20Cl2N4O2S. The van der Waals surface area contributed by atoms with Gasteiger partial charge in [-0.1, -0.05) is 29.3 Å². The number of aliphatic imine (C=N–C) groups is 1. The lowest BCUT2D eigenvalue weighted by atomic mass is 10.1. The summed E-state index contributed by atoms with van der Waals surface area (Å²) in [6.45, 7) is 2.65. The zero-order valence-electron chi connectivity index (χ0n) is 12.4. The molecule has 1 rings (SSSR count). The molecule has 22 heavy (non-hydrogen) atoms. The van der Waals surface area contributed by atoms with Crippen molar-refractivity contribution < 1.29 is 8.42 Å². The van der Waals surface area contributed by atoms with E-state index in [0.717, 1.165) is 11.8 Å². The van der Waals surface area contributed by atoms with Gasteiger partial charge < -0.3 is 11.1 Å². The number of halogens is 2. The molecule has 1 aromatic carbocycles. The maximum atomic E-state index is 10.9. The number of hydrogen-bond acceptors (Lipinski definition) is 3. The molecule has 0 aliphatic carbocycles. The number of nitrogens with two attached hydrogens (primary N) is 1. The molecule has 0 saturated heterocycles. The first-order chi connectivity index (χ1) is 10.2. The van der Waals surface area contributed by atoms with Gasteiger partial charge in [0.05, 0.1) is 12.3 Å². The Bertz CT molecular complexity index is 635. The molecule has 0 radical (unpaired) electrons. The molecule has 0 aromatic heterocycles. The molecule has 0 bridgehead atoms. The van der Waals surface area contributed by atoms with Gasteiger partial charge in [0, 0.05) is 23.1 Å². The normalized spacial score (nSPS) is 13.9. The molecule has 1 unspecified atom stereocenters. The van der Waals surface area contributed by atoms with Crippen LogP contribution < -0.4 is 15.8 Å². The van der Waals surface area contributed by atoms with Crippen LogP contribution in [0, 0.1) is 0 Å². The van der Waals surface area contributed by atoms with E-state index in [9.17, 15) is 8.42 Å². The summed E-state index contributed by atoms with van der Waals surface area (Å²) in [7, 11) is -3.16. The van der Waals surface area contributed by atoms with Crippen LogP contribution in [0.15, 0.2) is 23.2 Å². The minimum atomic E-state index is -3.16. The van der Waals surface area contributed by atoms with Crippen molar-refractivity contribution in [2.24, 2.45) is 10.7 Å². The highest BCUT2D eigenvalue weighted by Crippen LogP contribution is 2.25. The van der Waals surface area contributed by atoms with Crippen molar-refractivity contribution in [2.45, 2.75) is 19.4 Å². The largest absolute Gasteiger partial charge is 0.370 e. The summed E-state index contributed by atoms with van der Waals surface area (Å²) < 4.78 is 24.1. The van der Waals surface area contributed by atoms with Crippen LogP contribution in [0.1, 0.15) is 24.9 Å². The van der Waals surface area contributed by atoms with Crippen LogP contribution in [0.2, 0.25) is 10.0 Å². The van der Waals surface area contributed by atoms with Gasteiger partial charge in [0.15, 0.2) is 5.96 Å². The van der Waals surface area contributed by atoms with Gasteiger partial charge >= 0.3 is 0 Å². The lowest BCUT2D eigenvalue weighted by molar-refractivity contribution is 0.585. The topological polar surface area (TPSA) is 96.6 Å². The summed E-state index contributed by atoms with van der Waals surface area (Å²) in [4.78, 5) is 4.14. The third-order valence-electron chi connectivity index (χ3n) is 2.77. The molecule has 0 aliphatic rings. The first-order valence-electron chi connectivity index (χ1n) is 6.65. The van der Waals surface area contributed by atoms with Crippen LogP contribution in [0.3, 0.4) is 0 Å². The van der Waals surface area contributed by atoms with E-state index >= 15 is 0 Å². The van der Waals surface area contributed by atoms with Gasteiger partial charge in [-0.05, 0) is 31.0 Å². The first-order valence-corrected chi connectivity index (χ1v) is 9.30. The Labute approximate surface area is 141 Å². The van der Waals surface area contributed by atoms with E-state index in [0.29, 0.717) is 29.6 Å². The summed E-state index contributed by atoms with van der Waals surface area (Å²) in [5.41, 5.74) is 6.65. The summed E-state index contributed by atoms with van der Waals surface area (Å²) in [5, 5.41) is 4.15. The fourth-order valence-electron chi connectivity index (χ4n) is 1.73. The van der Waals surface area contributed by atoms with Crippen molar-refractivity contribution in [3.05, 3.63) is 33.8 Å². The standard InChI is InChI=1S/C13H20Cl2N4O2S/c1-9(11-5-4-10(14)8-12(11)15)19-13(16)17-6-3-7-18-22(2,20)21/h4-5,8-9,18H,3,6-7H2,1-2H3,(H3,16,17,19). The molecule has 124 valence electrons. The van der Waals surface area contributed by atoms with Gasteiger partial charge in [-0.25, -0.2) is 13.1 Å². The highest BCUT2D eigenvalue weighted by Gasteiger charge is 2.10. The number of rotatable bonds is 7. The van der Waals surface area contributed by atoms with Crippen LogP contribution in [-0.4, -0.2) is 33.7 Å². The van der Waals surface area contributed by atoms with Crippen molar-refractivity contribution in [2.75, 3.05) is 19.3 Å². The van der Waals surface area contributed by atoms with Gasteiger partial charge in [0.25, 0.3) is 0 Å². The van der Waals surface area contributed by atoms with Gasteiger partial charge in [0.2, 0.25) is 10.0 Å². The third-order valence-corrected chi connectivity index (χ3v) is 4.07. The lowest BCUT2D eigenvalue weighted by Gasteiger charge is -2.16. The molecule has 0 amide bonds. The smallest absolute Gasteiger partial charge is 0.208 e. The minimum absolute atomic E-state index is 0.123. The quantitative estimate of drug-likeness (QED) is 0.390. The molecule has 0 saturated carbocycles.